The quantitative estimate of drug-likeness (QED) is 0.295. The highest BCUT2D eigenvalue weighted by atomic mass is 32.2. The number of hydrogen-bond donors (Lipinski definition) is 4. The van der Waals surface area contributed by atoms with E-state index in [-0.39, 0.29) is 19.6 Å². The minimum absolute atomic E-state index is 0.300. The van der Waals surface area contributed by atoms with E-state index in [2.05, 4.69) is 0 Å². The summed E-state index contributed by atoms with van der Waals surface area (Å²) in [4.78, 5) is 67.7. The minimum Gasteiger partial charge on any atom is -0.481 e. The predicted octanol–water partition coefficient (Wildman–Crippen LogP) is 0.833. The van der Waals surface area contributed by atoms with E-state index in [1.165, 1.54) is 0 Å². The number of rotatable bonds is 12. The first-order chi connectivity index (χ1) is 13.0. The van der Waals surface area contributed by atoms with Crippen molar-refractivity contribution in [3.05, 3.63) is 19.6 Å². The van der Waals surface area contributed by atoms with Gasteiger partial charge in [0.15, 0.2) is 0 Å². The first kappa shape index (κ1) is 24.1. The summed E-state index contributed by atoms with van der Waals surface area (Å²) in [5.74, 6) is -9.13. The molecule has 0 atom stereocenters. The normalized spacial score (nSPS) is 14.4. The van der Waals surface area contributed by atoms with Gasteiger partial charge in [-0.05, 0) is 0 Å². The van der Waals surface area contributed by atoms with Gasteiger partial charge in [0.2, 0.25) is 11.6 Å². The van der Waals surface area contributed by atoms with E-state index in [9.17, 15) is 28.8 Å². The number of carbonyl (C=O) groups is 6. The van der Waals surface area contributed by atoms with Gasteiger partial charge in [0.05, 0.1) is 42.6 Å². The molecular weight excluding hydrogens is 456 g/mol. The first-order valence-corrected chi connectivity index (χ1v) is 10.9. The average Bonchev–Trinajstić information content (AvgIpc) is 2.57. The van der Waals surface area contributed by atoms with Gasteiger partial charge < -0.3 is 20.4 Å². The third-order valence-electron chi connectivity index (χ3n) is 2.60. The molecule has 0 bridgehead atoms. The Balaban J connectivity index is 3.38. The maximum atomic E-state index is 12.8. The number of thioether (sulfide) groups is 4. The number of carboxylic acid groups (broad SMARTS) is 4. The number of carbonyl (C=O) groups excluding carboxylic acids is 2. The van der Waals surface area contributed by atoms with Gasteiger partial charge in [0.1, 0.15) is 0 Å². The Morgan fingerprint density at radius 1 is 0.500 bits per heavy atom. The zero-order valence-corrected chi connectivity index (χ0v) is 17.0. The highest BCUT2D eigenvalue weighted by molar-refractivity contribution is 8.11. The number of Topliss-reactive ketones (excluding diaryl/α,β-unsaturated/α-hetero) is 2. The molecular formula is C14H12O10S4. The van der Waals surface area contributed by atoms with E-state index in [1.54, 1.807) is 0 Å². The third kappa shape index (κ3) is 7.26. The molecule has 0 aromatic rings. The maximum absolute atomic E-state index is 12.8. The number of allylic oxidation sites excluding steroid dienone is 4. The molecule has 10 nitrogen and oxygen atoms in total. The molecule has 0 spiro atoms. The van der Waals surface area contributed by atoms with Crippen molar-refractivity contribution in [2.75, 3.05) is 23.0 Å². The van der Waals surface area contributed by atoms with E-state index in [1.807, 2.05) is 0 Å². The maximum Gasteiger partial charge on any atom is 0.313 e. The predicted molar refractivity (Wildman–Crippen MR) is 104 cm³/mol. The van der Waals surface area contributed by atoms with E-state index in [4.69, 9.17) is 20.4 Å². The van der Waals surface area contributed by atoms with Gasteiger partial charge >= 0.3 is 23.9 Å². The Morgan fingerprint density at radius 3 is 0.821 bits per heavy atom. The van der Waals surface area contributed by atoms with Gasteiger partial charge in [-0.1, -0.05) is 0 Å². The fourth-order valence-electron chi connectivity index (χ4n) is 1.68. The van der Waals surface area contributed by atoms with E-state index in [0.29, 0.717) is 47.0 Å². The Bertz CT molecular complexity index is 672. The molecule has 14 heteroatoms. The van der Waals surface area contributed by atoms with Gasteiger partial charge in [-0.3, -0.25) is 28.8 Å². The van der Waals surface area contributed by atoms with Crippen LogP contribution >= 0.6 is 47.0 Å². The van der Waals surface area contributed by atoms with Crippen LogP contribution in [0.2, 0.25) is 0 Å². The van der Waals surface area contributed by atoms with Crippen LogP contribution in [-0.2, 0) is 28.8 Å². The molecule has 0 saturated heterocycles. The van der Waals surface area contributed by atoms with E-state index >= 15 is 0 Å². The molecule has 0 saturated carbocycles. The lowest BCUT2D eigenvalue weighted by atomic mass is 10.1. The summed E-state index contributed by atoms with van der Waals surface area (Å²) in [6.07, 6.45) is 0. The Morgan fingerprint density at radius 2 is 0.679 bits per heavy atom. The summed E-state index contributed by atoms with van der Waals surface area (Å²) in [5.41, 5.74) is 0. The number of hydrogen-bond acceptors (Lipinski definition) is 10. The monoisotopic (exact) mass is 468 g/mol. The number of carboxylic acids is 4. The second kappa shape index (κ2) is 11.2. The summed E-state index contributed by atoms with van der Waals surface area (Å²) in [7, 11) is 0. The fourth-order valence-corrected chi connectivity index (χ4v) is 5.41. The van der Waals surface area contributed by atoms with Crippen LogP contribution in [0, 0.1) is 0 Å². The Kier molecular flexibility index (Phi) is 9.64. The molecule has 0 aromatic heterocycles. The van der Waals surface area contributed by atoms with Crippen LogP contribution in [0.15, 0.2) is 19.6 Å². The van der Waals surface area contributed by atoms with Crippen molar-refractivity contribution >= 4 is 82.5 Å². The summed E-state index contributed by atoms with van der Waals surface area (Å²) >= 11 is 2.07. The molecule has 1 aliphatic rings. The smallest absolute Gasteiger partial charge is 0.313 e. The summed E-state index contributed by atoms with van der Waals surface area (Å²) in [5, 5.41) is 35.3. The molecule has 0 unspecified atom stereocenters. The molecule has 0 aliphatic heterocycles. The van der Waals surface area contributed by atoms with Gasteiger partial charge in [-0.25, -0.2) is 0 Å². The van der Waals surface area contributed by atoms with Gasteiger partial charge in [0.25, 0.3) is 0 Å². The van der Waals surface area contributed by atoms with Crippen LogP contribution < -0.4 is 0 Å². The first-order valence-electron chi connectivity index (χ1n) is 7.00. The van der Waals surface area contributed by atoms with Crippen LogP contribution in [0.3, 0.4) is 0 Å². The molecule has 0 heterocycles. The lowest BCUT2D eigenvalue weighted by Gasteiger charge is -2.21. The van der Waals surface area contributed by atoms with Crippen LogP contribution in [0.4, 0.5) is 0 Å². The SMILES string of the molecule is O=C(O)CSC1=C(SCC(=O)O)C(=O)C(SCC(=O)O)=C(SCC(=O)O)C1=O. The molecule has 0 amide bonds. The third-order valence-corrected chi connectivity index (χ3v) is 7.13. The van der Waals surface area contributed by atoms with Crippen molar-refractivity contribution < 1.29 is 49.2 Å². The lowest BCUT2D eigenvalue weighted by molar-refractivity contribution is -0.135. The molecule has 0 fully saturated rings. The second-order valence-electron chi connectivity index (χ2n) is 4.70. The van der Waals surface area contributed by atoms with Crippen LogP contribution in [0.1, 0.15) is 0 Å². The molecule has 4 N–H and O–H groups in total. The second-order valence-corrected chi connectivity index (χ2v) is 8.65. The highest BCUT2D eigenvalue weighted by Gasteiger charge is 2.36. The van der Waals surface area contributed by atoms with Gasteiger partial charge in [-0.15, -0.1) is 47.0 Å². The summed E-state index contributed by atoms with van der Waals surface area (Å²) in [6, 6.07) is 0. The van der Waals surface area contributed by atoms with Crippen LogP contribution in [-0.4, -0.2) is 78.9 Å². The Hall–Kier alpha value is -1.90. The van der Waals surface area contributed by atoms with Gasteiger partial charge in [-0.2, -0.15) is 0 Å². The highest BCUT2D eigenvalue weighted by Crippen LogP contribution is 2.44. The zero-order chi connectivity index (χ0) is 21.4. The lowest BCUT2D eigenvalue weighted by Crippen LogP contribution is -2.22. The van der Waals surface area contributed by atoms with Crippen molar-refractivity contribution in [1.29, 1.82) is 0 Å². The molecule has 1 rings (SSSR count). The molecule has 28 heavy (non-hydrogen) atoms. The molecule has 0 radical (unpaired) electrons. The van der Waals surface area contributed by atoms with Crippen LogP contribution in [0.5, 0.6) is 0 Å². The van der Waals surface area contributed by atoms with Crippen molar-refractivity contribution in [2.45, 2.75) is 0 Å². The average molecular weight is 469 g/mol. The van der Waals surface area contributed by atoms with E-state index in [0.717, 1.165) is 0 Å². The Labute approximate surface area is 174 Å². The standard InChI is InChI=1S/C14H12O10S4/c15-5(16)1-25-11-9(23)13(27-3-7(19)20)14(28-4-8(21)22)10(24)12(11)26-2-6(17)18/h1-4H2,(H,15,16)(H,17,18)(H,19,20)(H,21,22). The van der Waals surface area contributed by atoms with Crippen molar-refractivity contribution in [1.82, 2.24) is 0 Å². The largest absolute Gasteiger partial charge is 0.481 e. The fraction of sp³-hybridized carbons (Fsp3) is 0.286. The number of aliphatic carboxylic acids is 4. The van der Waals surface area contributed by atoms with Gasteiger partial charge in [0, 0.05) is 0 Å². The van der Waals surface area contributed by atoms with Crippen molar-refractivity contribution in [3.8, 4) is 0 Å². The molecule has 0 aromatic carbocycles. The van der Waals surface area contributed by atoms with E-state index < -0.39 is 58.5 Å². The van der Waals surface area contributed by atoms with Crippen molar-refractivity contribution in [3.63, 3.8) is 0 Å². The molecule has 1 aliphatic carbocycles. The zero-order valence-electron chi connectivity index (χ0n) is 13.7. The summed E-state index contributed by atoms with van der Waals surface area (Å²) < 4.78 is 0. The topological polar surface area (TPSA) is 183 Å². The summed E-state index contributed by atoms with van der Waals surface area (Å²) in [6.45, 7) is 0. The van der Waals surface area contributed by atoms with Crippen molar-refractivity contribution in [2.24, 2.45) is 0 Å². The number of ketones is 2. The molecule has 152 valence electrons. The minimum atomic E-state index is -1.28. The van der Waals surface area contributed by atoms with Crippen LogP contribution in [0.25, 0.3) is 0 Å².